The molecule has 4 nitrogen and oxygen atoms in total. The molecule has 0 heterocycles. The quantitative estimate of drug-likeness (QED) is 0.688. The molecule has 0 aromatic heterocycles. The van der Waals surface area contributed by atoms with Gasteiger partial charge in [0.1, 0.15) is 5.54 Å². The first kappa shape index (κ1) is 18.4. The normalized spacial score (nSPS) is 27.5. The van der Waals surface area contributed by atoms with Crippen LogP contribution in [0.2, 0.25) is 0 Å². The lowest BCUT2D eigenvalue weighted by atomic mass is 9.83. The summed E-state index contributed by atoms with van der Waals surface area (Å²) in [6.07, 6.45) is 5.25. The Kier molecular flexibility index (Phi) is 7.14. The van der Waals surface area contributed by atoms with Crippen LogP contribution in [-0.2, 0) is 9.53 Å². The van der Waals surface area contributed by atoms with Gasteiger partial charge in [-0.25, -0.2) is 0 Å². The molecule has 0 aromatic carbocycles. The predicted molar refractivity (Wildman–Crippen MR) is 87.0 cm³/mol. The highest BCUT2D eigenvalue weighted by atomic mass is 16.5. The van der Waals surface area contributed by atoms with Crippen LogP contribution in [0.25, 0.3) is 0 Å². The van der Waals surface area contributed by atoms with Gasteiger partial charge in [0.25, 0.3) is 0 Å². The summed E-state index contributed by atoms with van der Waals surface area (Å²) in [7, 11) is 0. The minimum Gasteiger partial charge on any atom is -0.378 e. The van der Waals surface area contributed by atoms with Gasteiger partial charge in [0.15, 0.2) is 0 Å². The van der Waals surface area contributed by atoms with E-state index in [1.165, 1.54) is 0 Å². The van der Waals surface area contributed by atoms with Crippen molar-refractivity contribution in [3.8, 4) is 0 Å². The fraction of sp³-hybridized carbons (Fsp3) is 0.941. The third-order valence-corrected chi connectivity index (χ3v) is 4.48. The number of carbonyl (C=O) groups is 1. The molecule has 3 unspecified atom stereocenters. The molecule has 124 valence electrons. The fourth-order valence-electron chi connectivity index (χ4n) is 3.71. The zero-order valence-electron chi connectivity index (χ0n) is 14.4. The van der Waals surface area contributed by atoms with Crippen molar-refractivity contribution in [3.05, 3.63) is 0 Å². The molecule has 1 saturated carbocycles. The standard InChI is InChI=1S/C17H34N2O2/c1-12(2)11-14(5)21-10-8-15-7-6-9-17(15,16(18)20)19-13(3)4/h12-15,19H,6-11H2,1-5H3,(H2,18,20). The lowest BCUT2D eigenvalue weighted by Crippen LogP contribution is -2.60. The number of hydrogen-bond acceptors (Lipinski definition) is 3. The molecule has 1 amide bonds. The van der Waals surface area contributed by atoms with Gasteiger partial charge in [-0.3, -0.25) is 4.79 Å². The summed E-state index contributed by atoms with van der Waals surface area (Å²) in [5.41, 5.74) is 5.20. The van der Waals surface area contributed by atoms with E-state index in [1.54, 1.807) is 0 Å². The molecule has 0 bridgehead atoms. The molecule has 0 radical (unpaired) electrons. The Morgan fingerprint density at radius 2 is 2.00 bits per heavy atom. The van der Waals surface area contributed by atoms with Crippen molar-refractivity contribution < 1.29 is 9.53 Å². The van der Waals surface area contributed by atoms with Crippen molar-refractivity contribution in [2.24, 2.45) is 17.6 Å². The highest BCUT2D eigenvalue weighted by Gasteiger charge is 2.47. The molecular formula is C17H34N2O2. The van der Waals surface area contributed by atoms with Gasteiger partial charge in [-0.15, -0.1) is 0 Å². The largest absolute Gasteiger partial charge is 0.378 e. The maximum absolute atomic E-state index is 12.0. The minimum atomic E-state index is -0.529. The zero-order valence-corrected chi connectivity index (χ0v) is 14.4. The lowest BCUT2D eigenvalue weighted by molar-refractivity contribution is -0.126. The smallest absolute Gasteiger partial charge is 0.238 e. The van der Waals surface area contributed by atoms with E-state index >= 15 is 0 Å². The first-order chi connectivity index (χ1) is 9.78. The summed E-state index contributed by atoms with van der Waals surface area (Å²) >= 11 is 0. The first-order valence-corrected chi connectivity index (χ1v) is 8.47. The van der Waals surface area contributed by atoms with Gasteiger partial charge in [-0.2, -0.15) is 0 Å². The van der Waals surface area contributed by atoms with E-state index in [4.69, 9.17) is 10.5 Å². The van der Waals surface area contributed by atoms with Crippen molar-refractivity contribution in [1.82, 2.24) is 5.32 Å². The summed E-state index contributed by atoms with van der Waals surface area (Å²) in [5.74, 6) is 0.747. The van der Waals surface area contributed by atoms with Gasteiger partial charge >= 0.3 is 0 Å². The maximum Gasteiger partial charge on any atom is 0.238 e. The summed E-state index contributed by atoms with van der Waals surface area (Å²) < 4.78 is 5.91. The average Bonchev–Trinajstić information content (AvgIpc) is 2.71. The second-order valence-corrected chi connectivity index (χ2v) is 7.32. The number of carbonyl (C=O) groups excluding carboxylic acids is 1. The van der Waals surface area contributed by atoms with Crippen LogP contribution in [0.15, 0.2) is 0 Å². The predicted octanol–water partition coefficient (Wildman–Crippen LogP) is 2.85. The molecule has 3 atom stereocenters. The van der Waals surface area contributed by atoms with Crippen LogP contribution in [0, 0.1) is 11.8 Å². The number of hydrogen-bond donors (Lipinski definition) is 2. The van der Waals surface area contributed by atoms with Crippen molar-refractivity contribution in [1.29, 1.82) is 0 Å². The van der Waals surface area contributed by atoms with E-state index < -0.39 is 5.54 Å². The Balaban J connectivity index is 2.54. The third-order valence-electron chi connectivity index (χ3n) is 4.48. The van der Waals surface area contributed by atoms with Crippen LogP contribution >= 0.6 is 0 Å². The molecule has 21 heavy (non-hydrogen) atoms. The van der Waals surface area contributed by atoms with Crippen LogP contribution < -0.4 is 11.1 Å². The van der Waals surface area contributed by atoms with Crippen LogP contribution in [0.1, 0.15) is 66.7 Å². The Labute approximate surface area is 130 Å². The van der Waals surface area contributed by atoms with Crippen LogP contribution in [0.3, 0.4) is 0 Å². The van der Waals surface area contributed by atoms with Gasteiger partial charge in [0.05, 0.1) is 6.10 Å². The molecular weight excluding hydrogens is 264 g/mol. The van der Waals surface area contributed by atoms with Crippen molar-refractivity contribution in [2.45, 2.75) is 84.4 Å². The number of rotatable bonds is 9. The molecule has 1 rings (SSSR count). The maximum atomic E-state index is 12.0. The van der Waals surface area contributed by atoms with E-state index in [2.05, 4.69) is 39.9 Å². The van der Waals surface area contributed by atoms with E-state index in [-0.39, 0.29) is 18.1 Å². The molecule has 0 aliphatic heterocycles. The van der Waals surface area contributed by atoms with Crippen molar-refractivity contribution in [3.63, 3.8) is 0 Å². The molecule has 4 heteroatoms. The number of amides is 1. The average molecular weight is 298 g/mol. The summed E-state index contributed by atoms with van der Waals surface area (Å²) in [6, 6.07) is 0.263. The summed E-state index contributed by atoms with van der Waals surface area (Å²) in [6.45, 7) is 11.4. The van der Waals surface area contributed by atoms with Crippen LogP contribution in [-0.4, -0.2) is 30.2 Å². The monoisotopic (exact) mass is 298 g/mol. The molecule has 1 aliphatic carbocycles. The first-order valence-electron chi connectivity index (χ1n) is 8.47. The highest BCUT2D eigenvalue weighted by Crippen LogP contribution is 2.38. The molecule has 0 spiro atoms. The number of ether oxygens (including phenoxy) is 1. The summed E-state index contributed by atoms with van der Waals surface area (Å²) in [4.78, 5) is 12.0. The molecule has 3 N–H and O–H groups in total. The van der Waals surface area contributed by atoms with Gasteiger partial charge in [0, 0.05) is 12.6 Å². The van der Waals surface area contributed by atoms with E-state index in [0.29, 0.717) is 18.4 Å². The van der Waals surface area contributed by atoms with Gasteiger partial charge in [0.2, 0.25) is 5.91 Å². The fourth-order valence-corrected chi connectivity index (χ4v) is 3.71. The Morgan fingerprint density at radius 1 is 1.33 bits per heavy atom. The topological polar surface area (TPSA) is 64.3 Å². The summed E-state index contributed by atoms with van der Waals surface area (Å²) in [5, 5.41) is 3.44. The molecule has 1 aliphatic rings. The van der Waals surface area contributed by atoms with Gasteiger partial charge in [-0.05, 0) is 58.3 Å². The third kappa shape index (κ3) is 5.26. The lowest BCUT2D eigenvalue weighted by Gasteiger charge is -2.35. The minimum absolute atomic E-state index is 0.200. The van der Waals surface area contributed by atoms with Gasteiger partial charge < -0.3 is 15.8 Å². The zero-order chi connectivity index (χ0) is 16.0. The highest BCUT2D eigenvalue weighted by molar-refractivity contribution is 5.85. The van der Waals surface area contributed by atoms with Crippen molar-refractivity contribution >= 4 is 5.91 Å². The molecule has 0 saturated heterocycles. The Morgan fingerprint density at radius 3 is 2.52 bits per heavy atom. The van der Waals surface area contributed by atoms with Crippen LogP contribution in [0.4, 0.5) is 0 Å². The van der Waals surface area contributed by atoms with Crippen LogP contribution in [0.5, 0.6) is 0 Å². The number of nitrogens with one attached hydrogen (secondary N) is 1. The van der Waals surface area contributed by atoms with E-state index in [9.17, 15) is 4.79 Å². The number of primary amides is 1. The Bertz CT molecular complexity index is 331. The van der Waals surface area contributed by atoms with Crippen molar-refractivity contribution in [2.75, 3.05) is 6.61 Å². The second-order valence-electron chi connectivity index (χ2n) is 7.32. The Hall–Kier alpha value is -0.610. The molecule has 1 fully saturated rings. The number of nitrogens with two attached hydrogens (primary N) is 1. The second kappa shape index (κ2) is 8.14. The molecule has 0 aromatic rings. The van der Waals surface area contributed by atoms with Gasteiger partial charge in [-0.1, -0.05) is 20.3 Å². The SMILES string of the molecule is CC(C)CC(C)OCCC1CCCC1(NC(C)C)C(N)=O. The van der Waals surface area contributed by atoms with E-state index in [0.717, 1.165) is 32.1 Å². The van der Waals surface area contributed by atoms with E-state index in [1.807, 2.05) is 0 Å².